The van der Waals surface area contributed by atoms with E-state index < -0.39 is 0 Å². The fourth-order valence-corrected chi connectivity index (χ4v) is 3.48. The highest BCUT2D eigenvalue weighted by molar-refractivity contribution is 9.10. The van der Waals surface area contributed by atoms with Crippen molar-refractivity contribution in [2.75, 3.05) is 5.32 Å². The number of fused-ring (bicyclic) bond motifs is 2. The molecule has 122 valence electrons. The number of nitrogens with one attached hydrogen (secondary N) is 3. The van der Waals surface area contributed by atoms with Gasteiger partial charge in [0.15, 0.2) is 0 Å². The number of aromatic nitrogens is 2. The monoisotopic (exact) mass is 386 g/mol. The number of carbonyl (C=O) groups is 1. The molecule has 0 radical (unpaired) electrons. The van der Waals surface area contributed by atoms with Crippen molar-refractivity contribution in [3.8, 4) is 0 Å². The number of anilines is 1. The van der Waals surface area contributed by atoms with Gasteiger partial charge < -0.3 is 15.6 Å². The number of hydrogen-bond donors (Lipinski definition) is 3. The molecule has 0 fully saturated rings. The second kappa shape index (κ2) is 5.61. The third-order valence-electron chi connectivity index (χ3n) is 4.32. The fourth-order valence-electron chi connectivity index (χ4n) is 3.04. The highest BCUT2D eigenvalue weighted by atomic mass is 79.9. The van der Waals surface area contributed by atoms with Crippen LogP contribution in [0.4, 0.5) is 5.69 Å². The van der Waals surface area contributed by atoms with Gasteiger partial charge in [-0.25, -0.2) is 4.79 Å². The van der Waals surface area contributed by atoms with Crippen LogP contribution in [0.2, 0.25) is 0 Å². The summed E-state index contributed by atoms with van der Waals surface area (Å²) in [6.07, 6.45) is 0. The van der Waals surface area contributed by atoms with E-state index in [0.29, 0.717) is 16.6 Å². The highest BCUT2D eigenvalue weighted by Crippen LogP contribution is 2.24. The zero-order valence-corrected chi connectivity index (χ0v) is 14.5. The number of imidazole rings is 1. The number of aryl methyl sites for hydroxylation is 1. The molecule has 3 aromatic rings. The summed E-state index contributed by atoms with van der Waals surface area (Å²) in [6.45, 7) is 1.67. The van der Waals surface area contributed by atoms with Gasteiger partial charge in [0.2, 0.25) is 0 Å². The first kappa shape index (κ1) is 15.2. The third-order valence-corrected chi connectivity index (χ3v) is 4.78. The Labute approximate surface area is 146 Å². The van der Waals surface area contributed by atoms with Gasteiger partial charge in [0.1, 0.15) is 0 Å². The Balaban J connectivity index is 1.73. The van der Waals surface area contributed by atoms with Crippen LogP contribution in [0.15, 0.2) is 39.6 Å². The molecule has 0 atom stereocenters. The van der Waals surface area contributed by atoms with Crippen molar-refractivity contribution >= 4 is 38.6 Å². The molecule has 0 aliphatic carbocycles. The Morgan fingerprint density at radius 3 is 2.83 bits per heavy atom. The SMILES string of the molecule is Cn1c(=O)[nH]c2c(C(=O)Nc3ccc4c(c3)CNC4)cc(Br)cc21. The first-order chi connectivity index (χ1) is 11.5. The molecule has 0 bridgehead atoms. The lowest BCUT2D eigenvalue weighted by atomic mass is 10.1. The molecular weight excluding hydrogens is 372 g/mol. The normalized spacial score (nSPS) is 13.2. The van der Waals surface area contributed by atoms with Crippen LogP contribution in [0.25, 0.3) is 11.0 Å². The molecule has 0 saturated carbocycles. The molecule has 2 heterocycles. The van der Waals surface area contributed by atoms with E-state index in [-0.39, 0.29) is 11.6 Å². The lowest BCUT2D eigenvalue weighted by Gasteiger charge is -2.09. The molecule has 0 spiro atoms. The average Bonchev–Trinajstić information content (AvgIpc) is 3.12. The van der Waals surface area contributed by atoms with Crippen molar-refractivity contribution in [1.29, 1.82) is 0 Å². The first-order valence-corrected chi connectivity index (χ1v) is 8.34. The summed E-state index contributed by atoms with van der Waals surface area (Å²) in [5.41, 5.74) is 4.58. The van der Waals surface area contributed by atoms with Gasteiger partial charge in [-0.3, -0.25) is 9.36 Å². The van der Waals surface area contributed by atoms with Crippen LogP contribution in [-0.4, -0.2) is 15.5 Å². The van der Waals surface area contributed by atoms with E-state index in [4.69, 9.17) is 0 Å². The first-order valence-electron chi connectivity index (χ1n) is 7.55. The van der Waals surface area contributed by atoms with Gasteiger partial charge in [0.05, 0.1) is 16.6 Å². The van der Waals surface area contributed by atoms with Crippen LogP contribution in [0.3, 0.4) is 0 Å². The number of amides is 1. The number of nitrogens with zero attached hydrogens (tertiary/aromatic N) is 1. The summed E-state index contributed by atoms with van der Waals surface area (Å²) in [7, 11) is 1.67. The molecule has 1 amide bonds. The quantitative estimate of drug-likeness (QED) is 0.632. The van der Waals surface area contributed by atoms with E-state index in [1.807, 2.05) is 24.3 Å². The van der Waals surface area contributed by atoms with Crippen LogP contribution >= 0.6 is 15.9 Å². The van der Waals surface area contributed by atoms with Gasteiger partial charge in [-0.05, 0) is 35.4 Å². The average molecular weight is 387 g/mol. The molecule has 2 aromatic carbocycles. The minimum Gasteiger partial charge on any atom is -0.322 e. The van der Waals surface area contributed by atoms with E-state index in [2.05, 4.69) is 31.5 Å². The second-order valence-electron chi connectivity index (χ2n) is 5.88. The summed E-state index contributed by atoms with van der Waals surface area (Å²) in [5, 5.41) is 6.20. The van der Waals surface area contributed by atoms with E-state index in [1.165, 1.54) is 15.7 Å². The van der Waals surface area contributed by atoms with Gasteiger partial charge in [0.25, 0.3) is 5.91 Å². The van der Waals surface area contributed by atoms with Crippen LogP contribution in [0.5, 0.6) is 0 Å². The molecule has 24 heavy (non-hydrogen) atoms. The van der Waals surface area contributed by atoms with Crippen LogP contribution in [0.1, 0.15) is 21.5 Å². The predicted molar refractivity (Wildman–Crippen MR) is 96.2 cm³/mol. The molecule has 4 rings (SSSR count). The molecular formula is C17H15BrN4O2. The van der Waals surface area contributed by atoms with Crippen LogP contribution in [0, 0.1) is 0 Å². The fraction of sp³-hybridized carbons (Fsp3) is 0.176. The van der Waals surface area contributed by atoms with Gasteiger partial charge in [-0.2, -0.15) is 0 Å². The van der Waals surface area contributed by atoms with Gasteiger partial charge in [0, 0.05) is 30.3 Å². The van der Waals surface area contributed by atoms with Crippen molar-refractivity contribution in [1.82, 2.24) is 14.9 Å². The number of hydrogen-bond acceptors (Lipinski definition) is 3. The van der Waals surface area contributed by atoms with Crippen molar-refractivity contribution < 1.29 is 4.79 Å². The number of benzene rings is 2. The Bertz CT molecular complexity index is 1030. The predicted octanol–water partition coefficient (Wildman–Crippen LogP) is 2.48. The van der Waals surface area contributed by atoms with Crippen LogP contribution in [-0.2, 0) is 20.1 Å². The molecule has 1 aliphatic rings. The molecule has 1 aromatic heterocycles. The van der Waals surface area contributed by atoms with Crippen molar-refractivity contribution in [2.45, 2.75) is 13.1 Å². The summed E-state index contributed by atoms with van der Waals surface area (Å²) in [5.74, 6) is -0.256. The summed E-state index contributed by atoms with van der Waals surface area (Å²) < 4.78 is 2.23. The number of rotatable bonds is 2. The topological polar surface area (TPSA) is 78.9 Å². The Morgan fingerprint density at radius 2 is 2.00 bits per heavy atom. The lowest BCUT2D eigenvalue weighted by molar-refractivity contribution is 0.102. The van der Waals surface area contributed by atoms with E-state index >= 15 is 0 Å². The van der Waals surface area contributed by atoms with Gasteiger partial charge >= 0.3 is 5.69 Å². The van der Waals surface area contributed by atoms with E-state index in [0.717, 1.165) is 23.2 Å². The van der Waals surface area contributed by atoms with Crippen LogP contribution < -0.4 is 16.3 Å². The largest absolute Gasteiger partial charge is 0.326 e. The van der Waals surface area contributed by atoms with E-state index in [1.54, 1.807) is 13.1 Å². The number of carbonyl (C=O) groups excluding carboxylic acids is 1. The summed E-state index contributed by atoms with van der Waals surface area (Å²) in [6, 6.07) is 9.42. The molecule has 3 N–H and O–H groups in total. The maximum atomic E-state index is 12.7. The maximum Gasteiger partial charge on any atom is 0.326 e. The lowest BCUT2D eigenvalue weighted by Crippen LogP contribution is -2.13. The van der Waals surface area contributed by atoms with Crippen molar-refractivity contribution in [3.05, 3.63) is 62.0 Å². The Morgan fingerprint density at radius 1 is 1.21 bits per heavy atom. The summed E-state index contributed by atoms with van der Waals surface area (Å²) >= 11 is 3.40. The smallest absolute Gasteiger partial charge is 0.322 e. The molecule has 0 unspecified atom stereocenters. The molecule has 0 saturated heterocycles. The Kier molecular flexibility index (Phi) is 3.54. The van der Waals surface area contributed by atoms with E-state index in [9.17, 15) is 9.59 Å². The van der Waals surface area contributed by atoms with Crippen molar-refractivity contribution in [3.63, 3.8) is 0 Å². The highest BCUT2D eigenvalue weighted by Gasteiger charge is 2.17. The number of halogens is 1. The zero-order chi connectivity index (χ0) is 16.8. The van der Waals surface area contributed by atoms with Gasteiger partial charge in [-0.15, -0.1) is 0 Å². The summed E-state index contributed by atoms with van der Waals surface area (Å²) in [4.78, 5) is 27.3. The standard InChI is InChI=1S/C17H15BrN4O2/c1-22-14-6-11(18)5-13(15(14)21-17(22)24)16(23)20-12-3-2-9-7-19-8-10(9)4-12/h2-6,19H,7-8H2,1H3,(H,20,23)(H,21,24). The van der Waals surface area contributed by atoms with Crippen molar-refractivity contribution in [2.24, 2.45) is 7.05 Å². The molecule has 7 heteroatoms. The van der Waals surface area contributed by atoms with Gasteiger partial charge in [-0.1, -0.05) is 22.0 Å². The number of H-pyrrole nitrogens is 1. The number of aromatic amines is 1. The zero-order valence-electron chi connectivity index (χ0n) is 12.9. The maximum absolute atomic E-state index is 12.7. The third kappa shape index (κ3) is 2.46. The minimum atomic E-state index is -0.256. The molecule has 1 aliphatic heterocycles. The molecule has 6 nitrogen and oxygen atoms in total. The minimum absolute atomic E-state index is 0.249. The second-order valence-corrected chi connectivity index (χ2v) is 6.79. The Hall–Kier alpha value is -2.38.